The lowest BCUT2D eigenvalue weighted by molar-refractivity contribution is 0.410. The Labute approximate surface area is 119 Å². The molecule has 0 spiro atoms. The summed E-state index contributed by atoms with van der Waals surface area (Å²) in [4.78, 5) is 0. The maximum atomic E-state index is 14.2. The molecule has 0 aliphatic rings. The molecule has 1 heterocycles. The first-order valence-corrected chi connectivity index (χ1v) is 6.56. The van der Waals surface area contributed by atoms with Crippen LogP contribution in [0.15, 0.2) is 28.9 Å². The Hall–Kier alpha value is -1.40. The molecule has 1 N–H and O–H groups in total. The summed E-state index contributed by atoms with van der Waals surface area (Å²) in [7, 11) is 5.13. The summed E-state index contributed by atoms with van der Waals surface area (Å²) < 4.78 is 21.7. The van der Waals surface area contributed by atoms with Crippen molar-refractivity contribution in [2.75, 3.05) is 14.2 Å². The van der Waals surface area contributed by atoms with E-state index in [1.165, 1.54) is 13.2 Å². The van der Waals surface area contributed by atoms with Crippen LogP contribution in [0.4, 0.5) is 4.39 Å². The molecule has 6 heteroatoms. The molecule has 0 amide bonds. The van der Waals surface area contributed by atoms with E-state index in [2.05, 4.69) is 26.3 Å². The van der Waals surface area contributed by atoms with Gasteiger partial charge in [-0.25, -0.2) is 4.39 Å². The van der Waals surface area contributed by atoms with Crippen molar-refractivity contribution >= 4 is 15.9 Å². The van der Waals surface area contributed by atoms with Gasteiger partial charge in [-0.05, 0) is 29.0 Å². The number of aromatic nitrogens is 2. The summed E-state index contributed by atoms with van der Waals surface area (Å²) in [6, 6.07) is 4.55. The van der Waals surface area contributed by atoms with Gasteiger partial charge in [-0.3, -0.25) is 4.68 Å². The molecule has 0 fully saturated rings. The first kappa shape index (κ1) is 14.0. The zero-order valence-electron chi connectivity index (χ0n) is 10.9. The van der Waals surface area contributed by atoms with Crippen LogP contribution in [0.25, 0.3) is 0 Å². The van der Waals surface area contributed by atoms with Crippen molar-refractivity contribution in [3.63, 3.8) is 0 Å². The molecule has 1 unspecified atom stereocenters. The summed E-state index contributed by atoms with van der Waals surface area (Å²) >= 11 is 3.44. The van der Waals surface area contributed by atoms with E-state index in [0.717, 1.165) is 10.2 Å². The van der Waals surface area contributed by atoms with Gasteiger partial charge in [0.1, 0.15) is 11.6 Å². The lowest BCUT2D eigenvalue weighted by Crippen LogP contribution is -2.22. The molecular weight excluding hydrogens is 313 g/mol. The number of halogens is 2. The lowest BCUT2D eigenvalue weighted by atomic mass is 10.0. The van der Waals surface area contributed by atoms with Crippen molar-refractivity contribution in [3.05, 3.63) is 45.9 Å². The van der Waals surface area contributed by atoms with E-state index in [4.69, 9.17) is 4.74 Å². The Morgan fingerprint density at radius 3 is 2.68 bits per heavy atom. The minimum Gasteiger partial charge on any atom is -0.497 e. The average molecular weight is 328 g/mol. The molecule has 1 atom stereocenters. The predicted molar refractivity (Wildman–Crippen MR) is 74.8 cm³/mol. The van der Waals surface area contributed by atoms with Crippen LogP contribution in [-0.2, 0) is 7.05 Å². The van der Waals surface area contributed by atoms with E-state index in [-0.39, 0.29) is 11.9 Å². The Morgan fingerprint density at radius 1 is 1.47 bits per heavy atom. The fraction of sp³-hybridized carbons (Fsp3) is 0.308. The second-order valence-corrected chi connectivity index (χ2v) is 4.96. The van der Waals surface area contributed by atoms with Crippen molar-refractivity contribution in [3.8, 4) is 5.75 Å². The van der Waals surface area contributed by atoms with Gasteiger partial charge in [-0.15, -0.1) is 0 Å². The molecule has 0 saturated heterocycles. The summed E-state index contributed by atoms with van der Waals surface area (Å²) in [5.41, 5.74) is 1.42. The van der Waals surface area contributed by atoms with E-state index >= 15 is 0 Å². The maximum absolute atomic E-state index is 14.2. The van der Waals surface area contributed by atoms with Crippen LogP contribution in [0.3, 0.4) is 0 Å². The number of hydrogen-bond acceptors (Lipinski definition) is 3. The number of nitrogens with one attached hydrogen (secondary N) is 1. The number of ether oxygens (including phenoxy) is 1. The second kappa shape index (κ2) is 5.71. The maximum Gasteiger partial charge on any atom is 0.132 e. The molecule has 1 aromatic heterocycles. The highest BCUT2D eigenvalue weighted by Gasteiger charge is 2.22. The van der Waals surface area contributed by atoms with Crippen LogP contribution < -0.4 is 10.1 Å². The first-order chi connectivity index (χ1) is 9.08. The molecule has 0 saturated carbocycles. The molecular formula is C13H15BrFN3O. The highest BCUT2D eigenvalue weighted by molar-refractivity contribution is 9.10. The summed E-state index contributed by atoms with van der Waals surface area (Å²) in [5.74, 6) is 0.187. The fourth-order valence-corrected chi connectivity index (χ4v) is 2.63. The number of benzene rings is 1. The minimum atomic E-state index is -0.313. The van der Waals surface area contributed by atoms with Gasteiger partial charge < -0.3 is 10.1 Å². The molecule has 4 nitrogen and oxygen atoms in total. The normalized spacial score (nSPS) is 12.5. The van der Waals surface area contributed by atoms with Gasteiger partial charge in [0.25, 0.3) is 0 Å². The fourth-order valence-electron chi connectivity index (χ4n) is 2.05. The van der Waals surface area contributed by atoms with Crippen molar-refractivity contribution in [2.45, 2.75) is 6.04 Å². The number of nitrogens with zero attached hydrogens (tertiary/aromatic N) is 2. The molecule has 19 heavy (non-hydrogen) atoms. The third-order valence-corrected chi connectivity index (χ3v) is 3.63. The third kappa shape index (κ3) is 2.64. The van der Waals surface area contributed by atoms with Gasteiger partial charge >= 0.3 is 0 Å². The molecule has 0 bridgehead atoms. The monoisotopic (exact) mass is 327 g/mol. The zero-order chi connectivity index (χ0) is 14.0. The SMILES string of the molecule is CNC(c1ccc(OC)cc1F)c1c(Br)cnn1C. The Balaban J connectivity index is 2.48. The van der Waals surface area contributed by atoms with Crippen LogP contribution in [0, 0.1) is 5.82 Å². The molecule has 0 aliphatic carbocycles. The molecule has 0 radical (unpaired) electrons. The van der Waals surface area contributed by atoms with E-state index in [1.54, 1.807) is 30.1 Å². The van der Waals surface area contributed by atoms with Crippen molar-refractivity contribution in [2.24, 2.45) is 7.05 Å². The van der Waals surface area contributed by atoms with Crippen molar-refractivity contribution in [1.82, 2.24) is 15.1 Å². The number of methoxy groups -OCH3 is 1. The van der Waals surface area contributed by atoms with Gasteiger partial charge in [0.05, 0.1) is 29.5 Å². The van der Waals surface area contributed by atoms with Crippen LogP contribution in [0.5, 0.6) is 5.75 Å². The number of hydrogen-bond donors (Lipinski definition) is 1. The molecule has 0 aliphatic heterocycles. The van der Waals surface area contributed by atoms with Crippen molar-refractivity contribution < 1.29 is 9.13 Å². The van der Waals surface area contributed by atoms with Gasteiger partial charge in [-0.2, -0.15) is 5.10 Å². The molecule has 102 valence electrons. The van der Waals surface area contributed by atoms with Crippen molar-refractivity contribution in [1.29, 1.82) is 0 Å². The van der Waals surface area contributed by atoms with E-state index < -0.39 is 0 Å². The van der Waals surface area contributed by atoms with Gasteiger partial charge in [0.2, 0.25) is 0 Å². The van der Waals surface area contributed by atoms with Gasteiger partial charge in [-0.1, -0.05) is 6.07 Å². The van der Waals surface area contributed by atoms with Crippen LogP contribution in [0.1, 0.15) is 17.3 Å². The second-order valence-electron chi connectivity index (χ2n) is 4.11. The number of rotatable bonds is 4. The summed E-state index contributed by atoms with van der Waals surface area (Å²) in [6.45, 7) is 0. The first-order valence-electron chi connectivity index (χ1n) is 5.76. The van der Waals surface area contributed by atoms with E-state index in [0.29, 0.717) is 11.3 Å². The minimum absolute atomic E-state index is 0.284. The lowest BCUT2D eigenvalue weighted by Gasteiger charge is -2.19. The third-order valence-electron chi connectivity index (χ3n) is 3.02. The quantitative estimate of drug-likeness (QED) is 0.938. The molecule has 1 aromatic carbocycles. The Kier molecular flexibility index (Phi) is 4.21. The summed E-state index contributed by atoms with van der Waals surface area (Å²) in [5, 5.41) is 7.27. The highest BCUT2D eigenvalue weighted by Crippen LogP contribution is 2.30. The standard InChI is InChI=1S/C13H15BrFN3O/c1-16-12(13-10(14)7-17-18(13)2)9-5-4-8(19-3)6-11(9)15/h4-7,12,16H,1-3H3. The van der Waals surface area contributed by atoms with Crippen LogP contribution >= 0.6 is 15.9 Å². The predicted octanol–water partition coefficient (Wildman–Crippen LogP) is 2.64. The summed E-state index contributed by atoms with van der Waals surface area (Å²) in [6.07, 6.45) is 1.70. The zero-order valence-corrected chi connectivity index (χ0v) is 12.5. The average Bonchev–Trinajstić information content (AvgIpc) is 2.73. The van der Waals surface area contributed by atoms with E-state index in [9.17, 15) is 4.39 Å². The largest absolute Gasteiger partial charge is 0.497 e. The number of aryl methyl sites for hydroxylation is 1. The smallest absolute Gasteiger partial charge is 0.132 e. The topological polar surface area (TPSA) is 39.1 Å². The van der Waals surface area contributed by atoms with Gasteiger partial charge in [0.15, 0.2) is 0 Å². The van der Waals surface area contributed by atoms with Crippen LogP contribution in [-0.4, -0.2) is 23.9 Å². The molecule has 2 aromatic rings. The Bertz CT molecular complexity index is 566. The Morgan fingerprint density at radius 2 is 2.21 bits per heavy atom. The van der Waals surface area contributed by atoms with Gasteiger partial charge in [0, 0.05) is 18.7 Å². The molecule has 2 rings (SSSR count). The van der Waals surface area contributed by atoms with E-state index in [1.807, 2.05) is 7.05 Å². The van der Waals surface area contributed by atoms with Crippen LogP contribution in [0.2, 0.25) is 0 Å². The highest BCUT2D eigenvalue weighted by atomic mass is 79.9.